The molecule has 1 heterocycles. The van der Waals surface area contributed by atoms with E-state index < -0.39 is 100.0 Å². The highest BCUT2D eigenvalue weighted by molar-refractivity contribution is 6.17. The minimum Gasteiger partial charge on any atom is -0.450 e. The molecule has 0 aliphatic rings. The molecule has 0 spiro atoms. The lowest BCUT2D eigenvalue weighted by molar-refractivity contribution is 0.549. The summed E-state index contributed by atoms with van der Waals surface area (Å²) in [6.45, 7) is 0. The summed E-state index contributed by atoms with van der Waals surface area (Å²) in [6, 6.07) is 7.14. The van der Waals surface area contributed by atoms with Gasteiger partial charge >= 0.3 is 0 Å². The van der Waals surface area contributed by atoms with Crippen LogP contribution in [0, 0.1) is 103 Å². The third-order valence-corrected chi connectivity index (χ3v) is 5.42. The standard InChI is InChI=1S/C24F6N6O/c25-17-10(7(1-31)2-32)18(26)14-13(17)15-19(27)11(8(3-33)4-34)21(29)23(15)37-24-16(14)20(28)12(22(24)30)9(5-35)6-36. The van der Waals surface area contributed by atoms with Crippen molar-refractivity contribution < 1.29 is 30.8 Å². The van der Waals surface area contributed by atoms with Gasteiger partial charge in [0.15, 0.2) is 22.8 Å². The molecule has 1 aromatic heterocycles. The highest BCUT2D eigenvalue weighted by atomic mass is 19.2. The van der Waals surface area contributed by atoms with E-state index in [0.717, 1.165) is 0 Å². The largest absolute Gasteiger partial charge is 0.450 e. The molecule has 37 heavy (non-hydrogen) atoms. The van der Waals surface area contributed by atoms with Crippen LogP contribution in [0.25, 0.3) is 49.4 Å². The molecular weight excluding hydrogens is 502 g/mol. The fourth-order valence-electron chi connectivity index (χ4n) is 3.93. The molecular formula is C24F6N6O. The van der Waals surface area contributed by atoms with Crippen molar-refractivity contribution in [1.82, 2.24) is 0 Å². The van der Waals surface area contributed by atoms with Crippen LogP contribution in [0.2, 0.25) is 0 Å². The first-order valence-corrected chi connectivity index (χ1v) is 9.38. The Morgan fingerprint density at radius 3 is 0.919 bits per heavy atom. The van der Waals surface area contributed by atoms with Crippen LogP contribution in [0.15, 0.2) is 4.42 Å². The molecule has 4 rings (SSSR count). The zero-order chi connectivity index (χ0) is 27.3. The van der Waals surface area contributed by atoms with Gasteiger partial charge in [0.25, 0.3) is 0 Å². The van der Waals surface area contributed by atoms with Gasteiger partial charge in [-0.3, -0.25) is 0 Å². The summed E-state index contributed by atoms with van der Waals surface area (Å²) < 4.78 is 97.7. The van der Waals surface area contributed by atoms with Crippen molar-refractivity contribution in [2.45, 2.75) is 0 Å². The van der Waals surface area contributed by atoms with Crippen LogP contribution in [0.5, 0.6) is 0 Å². The first-order valence-electron chi connectivity index (χ1n) is 9.38. The minimum atomic E-state index is -1.87. The molecule has 0 aliphatic carbocycles. The monoisotopic (exact) mass is 502 g/mol. The molecule has 0 fully saturated rings. The summed E-state index contributed by atoms with van der Waals surface area (Å²) in [6.07, 6.45) is 0. The van der Waals surface area contributed by atoms with E-state index in [-0.39, 0.29) is 0 Å². The number of rotatable bonds is 0. The van der Waals surface area contributed by atoms with Gasteiger partial charge < -0.3 is 4.42 Å². The van der Waals surface area contributed by atoms with Gasteiger partial charge in [-0.15, -0.1) is 0 Å². The molecule has 7 nitrogen and oxygen atoms in total. The topological polar surface area (TPSA) is 156 Å². The van der Waals surface area contributed by atoms with Gasteiger partial charge in [0.2, 0.25) is 0 Å². The van der Waals surface area contributed by atoms with Crippen molar-refractivity contribution in [3.8, 4) is 36.4 Å². The maximum absolute atomic E-state index is 15.6. The predicted molar refractivity (Wildman–Crippen MR) is 109 cm³/mol. The Kier molecular flexibility index (Phi) is 5.43. The van der Waals surface area contributed by atoms with Crippen LogP contribution < -0.4 is 15.7 Å². The third kappa shape index (κ3) is 2.90. The average Bonchev–Trinajstić information content (AvgIpc) is 3.30. The zero-order valence-electron chi connectivity index (χ0n) is 17.4. The number of nitrogens with zero attached hydrogens (tertiary/aromatic N) is 6. The fourth-order valence-corrected chi connectivity index (χ4v) is 3.93. The first-order chi connectivity index (χ1) is 17.6. The van der Waals surface area contributed by atoms with Crippen LogP contribution in [-0.2, 0) is 0 Å². The molecule has 0 aliphatic heterocycles. The Morgan fingerprint density at radius 2 is 0.649 bits per heavy atom. The Morgan fingerprint density at radius 1 is 0.405 bits per heavy atom. The van der Waals surface area contributed by atoms with Crippen molar-refractivity contribution in [3.63, 3.8) is 0 Å². The van der Waals surface area contributed by atoms with Gasteiger partial charge in [-0.1, -0.05) is 0 Å². The normalized spacial score (nSPS) is 10.3. The molecule has 0 atom stereocenters. The SMILES string of the molecule is N#CC(C#N)=c1c(F)c2oc3c(F)c(=C(C#N)C#N)c(F)c3c3c(F)c(=C(C#N)C#N)c(F)c3c2c1F. The molecule has 0 amide bonds. The molecule has 0 saturated heterocycles. The zero-order valence-corrected chi connectivity index (χ0v) is 17.4. The Balaban J connectivity index is 2.70. The second-order valence-electron chi connectivity index (χ2n) is 7.07. The summed E-state index contributed by atoms with van der Waals surface area (Å²) >= 11 is 0. The Labute approximate surface area is 199 Å². The van der Waals surface area contributed by atoms with Gasteiger partial charge in [-0.05, 0) is 0 Å². The van der Waals surface area contributed by atoms with Crippen LogP contribution in [0.4, 0.5) is 26.3 Å². The van der Waals surface area contributed by atoms with Crippen molar-refractivity contribution in [3.05, 3.63) is 50.6 Å². The predicted octanol–water partition coefficient (Wildman–Crippen LogP) is 2.89. The number of halogens is 6. The second-order valence-corrected chi connectivity index (χ2v) is 7.07. The molecule has 0 bridgehead atoms. The molecule has 174 valence electrons. The van der Waals surface area contributed by atoms with E-state index in [1.165, 1.54) is 36.4 Å². The van der Waals surface area contributed by atoms with Gasteiger partial charge in [0.1, 0.15) is 76.4 Å². The highest BCUT2D eigenvalue weighted by Crippen LogP contribution is 2.38. The maximum atomic E-state index is 15.6. The van der Waals surface area contributed by atoms with Crippen LogP contribution in [-0.4, -0.2) is 0 Å². The number of nitriles is 6. The molecule has 0 saturated carbocycles. The first kappa shape index (κ1) is 24.1. The van der Waals surface area contributed by atoms with Crippen LogP contribution in [0.1, 0.15) is 0 Å². The fraction of sp³-hybridized carbons (Fsp3) is 0. The molecule has 13 heteroatoms. The molecule has 0 unspecified atom stereocenters. The molecule has 0 radical (unpaired) electrons. The average molecular weight is 502 g/mol. The van der Waals surface area contributed by atoms with Gasteiger partial charge in [-0.2, -0.15) is 31.6 Å². The van der Waals surface area contributed by atoms with Crippen molar-refractivity contribution in [1.29, 1.82) is 31.6 Å². The van der Waals surface area contributed by atoms with Crippen LogP contribution >= 0.6 is 0 Å². The van der Waals surface area contributed by atoms with E-state index in [0.29, 0.717) is 0 Å². The van der Waals surface area contributed by atoms with E-state index in [4.69, 9.17) is 36.0 Å². The van der Waals surface area contributed by atoms with Gasteiger partial charge in [-0.25, -0.2) is 26.3 Å². The Hall–Kier alpha value is -6.02. The van der Waals surface area contributed by atoms with E-state index in [9.17, 15) is 0 Å². The van der Waals surface area contributed by atoms with E-state index >= 15 is 26.3 Å². The second kappa shape index (κ2) is 8.33. The van der Waals surface area contributed by atoms with Crippen LogP contribution in [0.3, 0.4) is 0 Å². The summed E-state index contributed by atoms with van der Waals surface area (Å²) in [4.78, 5) is 0. The lowest BCUT2D eigenvalue weighted by Crippen LogP contribution is -2.11. The number of fused-ring (bicyclic) bond motifs is 5. The minimum absolute atomic E-state index is 1.18. The molecule has 3 aromatic carbocycles. The summed E-state index contributed by atoms with van der Waals surface area (Å²) in [5.74, 6) is -11.1. The highest BCUT2D eigenvalue weighted by Gasteiger charge is 2.32. The van der Waals surface area contributed by atoms with E-state index in [1.54, 1.807) is 0 Å². The third-order valence-electron chi connectivity index (χ3n) is 5.42. The summed E-state index contributed by atoms with van der Waals surface area (Å²) in [5.41, 5.74) is -6.36. The van der Waals surface area contributed by atoms with Crippen molar-refractivity contribution in [2.24, 2.45) is 0 Å². The number of hydrogen-bond donors (Lipinski definition) is 0. The lowest BCUT2D eigenvalue weighted by Gasteiger charge is -1.91. The van der Waals surface area contributed by atoms with Gasteiger partial charge in [0, 0.05) is 10.8 Å². The quantitative estimate of drug-likeness (QED) is 0.335. The molecule has 4 aromatic rings. The number of hydrogen-bond acceptors (Lipinski definition) is 7. The van der Waals surface area contributed by atoms with E-state index in [2.05, 4.69) is 0 Å². The van der Waals surface area contributed by atoms with Crippen molar-refractivity contribution in [2.75, 3.05) is 0 Å². The van der Waals surface area contributed by atoms with Crippen molar-refractivity contribution >= 4 is 49.4 Å². The van der Waals surface area contributed by atoms with E-state index in [1.807, 2.05) is 0 Å². The summed E-state index contributed by atoms with van der Waals surface area (Å²) in [5, 5.41) is 45.2. The maximum Gasteiger partial charge on any atom is 0.178 e. The van der Waals surface area contributed by atoms with Gasteiger partial charge in [0.05, 0.1) is 26.4 Å². The summed E-state index contributed by atoms with van der Waals surface area (Å²) in [7, 11) is 0. The Bertz CT molecular complexity index is 2040. The molecule has 0 N–H and O–H groups in total. The lowest BCUT2D eigenvalue weighted by atomic mass is 10.1. The smallest absolute Gasteiger partial charge is 0.178 e.